The van der Waals surface area contributed by atoms with Crippen molar-refractivity contribution in [3.8, 4) is 0 Å². The number of pyridine rings is 1. The summed E-state index contributed by atoms with van der Waals surface area (Å²) in [5.74, 6) is -0.0503. The Morgan fingerprint density at radius 3 is 2.41 bits per heavy atom. The molecule has 1 aromatic rings. The van der Waals surface area contributed by atoms with E-state index in [1.54, 1.807) is 26.8 Å². The second kappa shape index (κ2) is 6.44. The number of hydrogen-bond donors (Lipinski definition) is 0. The van der Waals surface area contributed by atoms with Gasteiger partial charge in [0.15, 0.2) is 5.78 Å². The summed E-state index contributed by atoms with van der Waals surface area (Å²) in [6.45, 7) is 9.46. The lowest BCUT2D eigenvalue weighted by Gasteiger charge is -2.28. The van der Waals surface area contributed by atoms with Gasteiger partial charge in [-0.15, -0.1) is 0 Å². The van der Waals surface area contributed by atoms with Crippen LogP contribution in [0.1, 0.15) is 48.4 Å². The molecule has 6 heteroatoms. The van der Waals surface area contributed by atoms with Crippen LogP contribution in [0.3, 0.4) is 0 Å². The zero-order valence-corrected chi connectivity index (χ0v) is 13.5. The molecule has 0 spiro atoms. The Balaban J connectivity index is 2.35. The molecule has 1 aromatic heterocycles. The first-order valence-corrected chi connectivity index (χ1v) is 7.35. The molecule has 1 saturated heterocycles. The van der Waals surface area contributed by atoms with Crippen LogP contribution < -0.4 is 4.90 Å². The van der Waals surface area contributed by atoms with Gasteiger partial charge in [-0.2, -0.15) is 0 Å². The summed E-state index contributed by atoms with van der Waals surface area (Å²) in [7, 11) is 0. The fourth-order valence-electron chi connectivity index (χ4n) is 2.19. The molecule has 0 bridgehead atoms. The maximum Gasteiger partial charge on any atom is 0.339 e. The summed E-state index contributed by atoms with van der Waals surface area (Å²) in [5, 5.41) is 0. The molecule has 0 unspecified atom stereocenters. The van der Waals surface area contributed by atoms with Gasteiger partial charge in [0.1, 0.15) is 11.4 Å². The van der Waals surface area contributed by atoms with Crippen molar-refractivity contribution in [2.45, 2.75) is 33.3 Å². The van der Waals surface area contributed by atoms with Crippen LogP contribution in [0.15, 0.2) is 12.3 Å². The van der Waals surface area contributed by atoms with Crippen LogP contribution >= 0.6 is 0 Å². The first kappa shape index (κ1) is 16.4. The van der Waals surface area contributed by atoms with Crippen LogP contribution in [0, 0.1) is 0 Å². The lowest BCUT2D eigenvalue weighted by molar-refractivity contribution is 0.00677. The predicted octanol–water partition coefficient (Wildman–Crippen LogP) is 2.08. The average molecular weight is 306 g/mol. The average Bonchev–Trinajstić information content (AvgIpc) is 2.45. The number of esters is 1. The summed E-state index contributed by atoms with van der Waals surface area (Å²) in [6.07, 6.45) is 1.45. The van der Waals surface area contributed by atoms with Crippen LogP contribution in [-0.2, 0) is 9.47 Å². The summed E-state index contributed by atoms with van der Waals surface area (Å²) < 4.78 is 10.7. The smallest absolute Gasteiger partial charge is 0.339 e. The number of hydrogen-bond acceptors (Lipinski definition) is 6. The number of rotatable bonds is 3. The molecule has 0 atom stereocenters. The second-order valence-electron chi connectivity index (χ2n) is 6.25. The molecule has 2 heterocycles. The monoisotopic (exact) mass is 306 g/mol. The summed E-state index contributed by atoms with van der Waals surface area (Å²) in [4.78, 5) is 30.5. The molecule has 0 radical (unpaired) electrons. The van der Waals surface area contributed by atoms with Gasteiger partial charge in [0.25, 0.3) is 0 Å². The van der Waals surface area contributed by atoms with Crippen molar-refractivity contribution in [1.82, 2.24) is 4.98 Å². The molecule has 0 saturated carbocycles. The maximum absolute atomic E-state index is 12.4. The lowest BCUT2D eigenvalue weighted by Crippen LogP contribution is -2.37. The fourth-order valence-corrected chi connectivity index (χ4v) is 2.19. The highest BCUT2D eigenvalue weighted by Crippen LogP contribution is 2.21. The maximum atomic E-state index is 12.4. The van der Waals surface area contributed by atoms with E-state index in [0.717, 1.165) is 0 Å². The normalized spacial score (nSPS) is 15.5. The third-order valence-corrected chi connectivity index (χ3v) is 3.22. The van der Waals surface area contributed by atoms with Gasteiger partial charge < -0.3 is 14.4 Å². The number of Topliss-reactive ketones (excluding diaryl/α,β-unsaturated/α-hetero) is 1. The van der Waals surface area contributed by atoms with E-state index in [1.807, 2.05) is 4.90 Å². The van der Waals surface area contributed by atoms with Gasteiger partial charge in [-0.3, -0.25) is 4.79 Å². The standard InChI is InChI=1S/C16H22N2O4/c1-11(19)13-10-17-14(18-5-7-21-8-6-18)9-12(13)15(20)22-16(2,3)4/h9-10H,5-8H2,1-4H3. The van der Waals surface area contributed by atoms with Crippen molar-refractivity contribution in [2.24, 2.45) is 0 Å². The van der Waals surface area contributed by atoms with E-state index in [0.29, 0.717) is 32.1 Å². The molecule has 6 nitrogen and oxygen atoms in total. The van der Waals surface area contributed by atoms with Crippen LogP contribution in [0.2, 0.25) is 0 Å². The fraction of sp³-hybridized carbons (Fsp3) is 0.562. The summed E-state index contributed by atoms with van der Waals surface area (Å²) in [5.41, 5.74) is -0.0711. The topological polar surface area (TPSA) is 68.7 Å². The quantitative estimate of drug-likeness (QED) is 0.629. The molecule has 0 aromatic carbocycles. The third kappa shape index (κ3) is 4.04. The number of morpholine rings is 1. The molecule has 0 aliphatic carbocycles. The van der Waals surface area contributed by atoms with Gasteiger partial charge in [-0.1, -0.05) is 0 Å². The minimum atomic E-state index is -0.618. The minimum Gasteiger partial charge on any atom is -0.456 e. The highest BCUT2D eigenvalue weighted by atomic mass is 16.6. The molecular formula is C16H22N2O4. The van der Waals surface area contributed by atoms with Crippen LogP contribution in [-0.4, -0.2) is 48.6 Å². The van der Waals surface area contributed by atoms with Crippen LogP contribution in [0.25, 0.3) is 0 Å². The highest BCUT2D eigenvalue weighted by Gasteiger charge is 2.24. The van der Waals surface area contributed by atoms with E-state index in [2.05, 4.69) is 4.98 Å². The van der Waals surface area contributed by atoms with Crippen molar-refractivity contribution in [3.05, 3.63) is 23.4 Å². The zero-order chi connectivity index (χ0) is 16.3. The minimum absolute atomic E-state index is 0.207. The molecule has 1 aliphatic rings. The van der Waals surface area contributed by atoms with E-state index < -0.39 is 11.6 Å². The predicted molar refractivity (Wildman–Crippen MR) is 82.4 cm³/mol. The van der Waals surface area contributed by atoms with Gasteiger partial charge in [0.2, 0.25) is 0 Å². The van der Waals surface area contributed by atoms with E-state index in [1.165, 1.54) is 13.1 Å². The molecule has 120 valence electrons. The van der Waals surface area contributed by atoms with Crippen molar-refractivity contribution < 1.29 is 19.1 Å². The molecule has 0 N–H and O–H groups in total. The van der Waals surface area contributed by atoms with Gasteiger partial charge in [0.05, 0.1) is 24.3 Å². The Kier molecular flexibility index (Phi) is 4.81. The van der Waals surface area contributed by atoms with E-state index in [-0.39, 0.29) is 16.9 Å². The number of carbonyl (C=O) groups excluding carboxylic acids is 2. The first-order valence-electron chi connectivity index (χ1n) is 7.35. The third-order valence-electron chi connectivity index (χ3n) is 3.22. The molecule has 22 heavy (non-hydrogen) atoms. The van der Waals surface area contributed by atoms with Crippen molar-refractivity contribution >= 4 is 17.6 Å². The van der Waals surface area contributed by atoms with E-state index in [4.69, 9.17) is 9.47 Å². The zero-order valence-electron chi connectivity index (χ0n) is 13.5. The first-order chi connectivity index (χ1) is 10.3. The Morgan fingerprint density at radius 2 is 1.86 bits per heavy atom. The Hall–Kier alpha value is -1.95. The van der Waals surface area contributed by atoms with Crippen LogP contribution in [0.5, 0.6) is 0 Å². The van der Waals surface area contributed by atoms with Gasteiger partial charge >= 0.3 is 5.97 Å². The van der Waals surface area contributed by atoms with E-state index >= 15 is 0 Å². The number of ether oxygens (including phenoxy) is 2. The van der Waals surface area contributed by atoms with Crippen molar-refractivity contribution in [2.75, 3.05) is 31.2 Å². The number of anilines is 1. The number of ketones is 1. The largest absolute Gasteiger partial charge is 0.456 e. The molecule has 2 rings (SSSR count). The Labute approximate surface area is 130 Å². The van der Waals surface area contributed by atoms with Crippen LogP contribution in [0.4, 0.5) is 5.82 Å². The van der Waals surface area contributed by atoms with Crippen molar-refractivity contribution in [1.29, 1.82) is 0 Å². The van der Waals surface area contributed by atoms with Gasteiger partial charge in [0, 0.05) is 19.3 Å². The molecule has 1 aliphatic heterocycles. The SMILES string of the molecule is CC(=O)c1cnc(N2CCOCC2)cc1C(=O)OC(C)(C)C. The molecule has 1 fully saturated rings. The second-order valence-corrected chi connectivity index (χ2v) is 6.25. The van der Waals surface area contributed by atoms with E-state index in [9.17, 15) is 9.59 Å². The lowest BCUT2D eigenvalue weighted by atomic mass is 10.1. The Bertz CT molecular complexity index is 572. The number of aromatic nitrogens is 1. The summed E-state index contributed by atoms with van der Waals surface area (Å²) in [6, 6.07) is 1.64. The molecular weight excluding hydrogens is 284 g/mol. The Morgan fingerprint density at radius 1 is 1.23 bits per heavy atom. The summed E-state index contributed by atoms with van der Waals surface area (Å²) >= 11 is 0. The van der Waals surface area contributed by atoms with Gasteiger partial charge in [-0.25, -0.2) is 9.78 Å². The van der Waals surface area contributed by atoms with Crippen molar-refractivity contribution in [3.63, 3.8) is 0 Å². The highest BCUT2D eigenvalue weighted by molar-refractivity contribution is 6.05. The molecule has 0 amide bonds. The number of nitrogens with zero attached hydrogens (tertiary/aromatic N) is 2. The number of carbonyl (C=O) groups is 2. The van der Waals surface area contributed by atoms with Gasteiger partial charge in [-0.05, 0) is 33.8 Å².